The molecule has 1 fully saturated rings. The van der Waals surface area contributed by atoms with Gasteiger partial charge in [-0.25, -0.2) is 4.39 Å². The summed E-state index contributed by atoms with van der Waals surface area (Å²) in [4.78, 5) is 24.9. The number of morpholine rings is 1. The zero-order chi connectivity index (χ0) is 15.2. The molecular weight excluding hydrogens is 275 g/mol. The molecule has 1 N–H and O–H groups in total. The summed E-state index contributed by atoms with van der Waals surface area (Å²) in [5.74, 6) is -0.535. The Morgan fingerprint density at radius 2 is 2.14 bits per heavy atom. The summed E-state index contributed by atoms with van der Waals surface area (Å²) in [5.41, 5.74) is 0.634. The molecule has 0 spiro atoms. The van der Waals surface area contributed by atoms with Crippen molar-refractivity contribution in [3.8, 4) is 0 Å². The SMILES string of the molecule is CCCC(=O)NCC1CN(c2ccc(F)cc2)C(=O)CO1. The average molecular weight is 294 g/mol. The topological polar surface area (TPSA) is 58.6 Å². The highest BCUT2D eigenvalue weighted by Crippen LogP contribution is 2.18. The van der Waals surface area contributed by atoms with Gasteiger partial charge in [-0.05, 0) is 30.7 Å². The highest BCUT2D eigenvalue weighted by Gasteiger charge is 2.27. The van der Waals surface area contributed by atoms with Crippen molar-refractivity contribution in [2.45, 2.75) is 25.9 Å². The van der Waals surface area contributed by atoms with E-state index in [1.165, 1.54) is 12.1 Å². The van der Waals surface area contributed by atoms with Gasteiger partial charge in [0.2, 0.25) is 5.91 Å². The molecular formula is C15H19FN2O3. The van der Waals surface area contributed by atoms with E-state index in [2.05, 4.69) is 5.32 Å². The average Bonchev–Trinajstić information content (AvgIpc) is 2.48. The van der Waals surface area contributed by atoms with Crippen molar-refractivity contribution >= 4 is 17.5 Å². The fourth-order valence-electron chi connectivity index (χ4n) is 2.16. The van der Waals surface area contributed by atoms with Gasteiger partial charge in [0.05, 0.1) is 12.6 Å². The Kier molecular flexibility index (Phi) is 5.27. The normalized spacial score (nSPS) is 18.7. The molecule has 1 unspecified atom stereocenters. The van der Waals surface area contributed by atoms with Crippen LogP contribution < -0.4 is 10.2 Å². The second-order valence-corrected chi connectivity index (χ2v) is 4.97. The van der Waals surface area contributed by atoms with E-state index in [0.717, 1.165) is 6.42 Å². The third-order valence-corrected chi connectivity index (χ3v) is 3.27. The van der Waals surface area contributed by atoms with Crippen LogP contribution in [-0.2, 0) is 14.3 Å². The van der Waals surface area contributed by atoms with Crippen LogP contribution in [0.1, 0.15) is 19.8 Å². The zero-order valence-corrected chi connectivity index (χ0v) is 12.0. The fourth-order valence-corrected chi connectivity index (χ4v) is 2.16. The lowest BCUT2D eigenvalue weighted by molar-refractivity contribution is -0.129. The van der Waals surface area contributed by atoms with Crippen molar-refractivity contribution in [3.63, 3.8) is 0 Å². The Bertz CT molecular complexity index is 504. The molecule has 2 rings (SSSR count). The lowest BCUT2D eigenvalue weighted by Gasteiger charge is -2.32. The quantitative estimate of drug-likeness (QED) is 0.894. The van der Waals surface area contributed by atoms with E-state index in [1.54, 1.807) is 17.0 Å². The number of carbonyl (C=O) groups is 2. The summed E-state index contributed by atoms with van der Waals surface area (Å²) < 4.78 is 18.3. The molecule has 1 aliphatic heterocycles. The van der Waals surface area contributed by atoms with Crippen LogP contribution in [0.15, 0.2) is 24.3 Å². The maximum Gasteiger partial charge on any atom is 0.253 e. The number of amides is 2. The van der Waals surface area contributed by atoms with Crippen LogP contribution in [0.5, 0.6) is 0 Å². The Hall–Kier alpha value is -1.95. The molecule has 0 aromatic heterocycles. The van der Waals surface area contributed by atoms with Gasteiger partial charge in [-0.2, -0.15) is 0 Å². The second kappa shape index (κ2) is 7.17. The summed E-state index contributed by atoms with van der Waals surface area (Å²) in [6.45, 7) is 2.61. The Balaban J connectivity index is 1.94. The summed E-state index contributed by atoms with van der Waals surface area (Å²) in [6.07, 6.45) is 1.01. The van der Waals surface area contributed by atoms with Gasteiger partial charge in [-0.1, -0.05) is 6.92 Å². The van der Waals surface area contributed by atoms with Gasteiger partial charge in [0, 0.05) is 18.7 Å². The Morgan fingerprint density at radius 3 is 2.81 bits per heavy atom. The Morgan fingerprint density at radius 1 is 1.43 bits per heavy atom. The molecule has 2 amide bonds. The highest BCUT2D eigenvalue weighted by atomic mass is 19.1. The van der Waals surface area contributed by atoms with E-state index in [1.807, 2.05) is 6.92 Å². The predicted octanol–water partition coefficient (Wildman–Crippen LogP) is 1.47. The van der Waals surface area contributed by atoms with Crippen LogP contribution >= 0.6 is 0 Å². The van der Waals surface area contributed by atoms with Gasteiger partial charge in [0.1, 0.15) is 12.4 Å². The molecule has 1 aliphatic rings. The van der Waals surface area contributed by atoms with E-state index in [9.17, 15) is 14.0 Å². The van der Waals surface area contributed by atoms with Crippen molar-refractivity contribution in [2.75, 3.05) is 24.6 Å². The summed E-state index contributed by atoms with van der Waals surface area (Å²) in [6, 6.07) is 5.75. The van der Waals surface area contributed by atoms with Crippen molar-refractivity contribution in [1.82, 2.24) is 5.32 Å². The van der Waals surface area contributed by atoms with Crippen LogP contribution in [0.4, 0.5) is 10.1 Å². The smallest absolute Gasteiger partial charge is 0.253 e. The fraction of sp³-hybridized carbons (Fsp3) is 0.467. The van der Waals surface area contributed by atoms with E-state index >= 15 is 0 Å². The minimum atomic E-state index is -0.345. The second-order valence-electron chi connectivity index (χ2n) is 4.97. The van der Waals surface area contributed by atoms with Crippen molar-refractivity contribution in [2.24, 2.45) is 0 Å². The van der Waals surface area contributed by atoms with Gasteiger partial charge < -0.3 is 15.0 Å². The number of halogens is 1. The number of ether oxygens (including phenoxy) is 1. The van der Waals surface area contributed by atoms with Crippen molar-refractivity contribution in [1.29, 1.82) is 0 Å². The van der Waals surface area contributed by atoms with Gasteiger partial charge in [-0.3, -0.25) is 9.59 Å². The third kappa shape index (κ3) is 4.26. The first-order valence-corrected chi connectivity index (χ1v) is 7.04. The predicted molar refractivity (Wildman–Crippen MR) is 76.4 cm³/mol. The summed E-state index contributed by atoms with van der Waals surface area (Å²) in [5, 5.41) is 2.79. The first-order valence-electron chi connectivity index (χ1n) is 7.04. The number of rotatable bonds is 5. The van der Waals surface area contributed by atoms with Crippen LogP contribution in [0.2, 0.25) is 0 Å². The van der Waals surface area contributed by atoms with Crippen molar-refractivity contribution in [3.05, 3.63) is 30.1 Å². The van der Waals surface area contributed by atoms with Crippen LogP contribution in [0.25, 0.3) is 0 Å². The van der Waals surface area contributed by atoms with Crippen LogP contribution in [0, 0.1) is 5.82 Å². The minimum Gasteiger partial charge on any atom is -0.365 e. The summed E-state index contributed by atoms with van der Waals surface area (Å²) >= 11 is 0. The molecule has 0 aliphatic carbocycles. The standard InChI is InChI=1S/C15H19FN2O3/c1-2-3-14(19)17-8-13-9-18(15(20)10-21-13)12-6-4-11(16)5-7-12/h4-7,13H,2-3,8-10H2,1H3,(H,17,19). The number of hydrogen-bond donors (Lipinski definition) is 1. The molecule has 1 aromatic carbocycles. The lowest BCUT2D eigenvalue weighted by Crippen LogP contribution is -2.50. The van der Waals surface area contributed by atoms with Gasteiger partial charge >= 0.3 is 0 Å². The van der Waals surface area contributed by atoms with Crippen LogP contribution in [-0.4, -0.2) is 37.6 Å². The molecule has 1 heterocycles. The molecule has 114 valence electrons. The number of carbonyl (C=O) groups excluding carboxylic acids is 2. The van der Waals surface area contributed by atoms with E-state index in [4.69, 9.17) is 4.74 Å². The largest absolute Gasteiger partial charge is 0.365 e. The maximum absolute atomic E-state index is 12.9. The number of anilines is 1. The van der Waals surface area contributed by atoms with E-state index < -0.39 is 0 Å². The number of hydrogen-bond acceptors (Lipinski definition) is 3. The Labute approximate surface area is 123 Å². The highest BCUT2D eigenvalue weighted by molar-refractivity contribution is 5.95. The number of benzene rings is 1. The van der Waals surface area contributed by atoms with E-state index in [0.29, 0.717) is 25.2 Å². The minimum absolute atomic E-state index is 0.0219. The monoisotopic (exact) mass is 294 g/mol. The number of nitrogens with one attached hydrogen (secondary N) is 1. The van der Waals surface area contributed by atoms with E-state index in [-0.39, 0.29) is 30.3 Å². The van der Waals surface area contributed by atoms with Gasteiger partial charge in [0.25, 0.3) is 5.91 Å². The first kappa shape index (κ1) is 15.4. The molecule has 0 radical (unpaired) electrons. The molecule has 6 heteroatoms. The van der Waals surface area contributed by atoms with Crippen molar-refractivity contribution < 1.29 is 18.7 Å². The maximum atomic E-state index is 12.9. The lowest BCUT2D eigenvalue weighted by atomic mass is 10.2. The molecule has 1 saturated heterocycles. The third-order valence-electron chi connectivity index (χ3n) is 3.27. The molecule has 0 saturated carbocycles. The molecule has 5 nitrogen and oxygen atoms in total. The number of nitrogens with zero attached hydrogens (tertiary/aromatic N) is 1. The van der Waals surface area contributed by atoms with Crippen LogP contribution in [0.3, 0.4) is 0 Å². The van der Waals surface area contributed by atoms with Gasteiger partial charge in [0.15, 0.2) is 0 Å². The molecule has 0 bridgehead atoms. The molecule has 1 atom stereocenters. The summed E-state index contributed by atoms with van der Waals surface area (Å²) in [7, 11) is 0. The molecule has 1 aromatic rings. The van der Waals surface area contributed by atoms with Gasteiger partial charge in [-0.15, -0.1) is 0 Å². The zero-order valence-electron chi connectivity index (χ0n) is 12.0. The first-order chi connectivity index (χ1) is 10.1. The molecule has 21 heavy (non-hydrogen) atoms.